The molecule has 0 atom stereocenters. The van der Waals surface area contributed by atoms with E-state index in [1.54, 1.807) is 0 Å². The third-order valence-electron chi connectivity index (χ3n) is 6.17. The summed E-state index contributed by atoms with van der Waals surface area (Å²) in [7, 11) is 0. The third kappa shape index (κ3) is 3.59. The molecule has 0 unspecified atom stereocenters. The highest BCUT2D eigenvalue weighted by molar-refractivity contribution is 9.10. The quantitative estimate of drug-likeness (QED) is 0.687. The normalized spacial score (nSPS) is 19.1. The lowest BCUT2D eigenvalue weighted by Gasteiger charge is -2.42. The van der Waals surface area contributed by atoms with Crippen LogP contribution < -0.4 is 0 Å². The largest absolute Gasteiger partial charge is 0.314 e. The molecule has 154 valence electrons. The van der Waals surface area contributed by atoms with E-state index in [2.05, 4.69) is 63.0 Å². The van der Waals surface area contributed by atoms with Gasteiger partial charge in [-0.1, -0.05) is 52.3 Å². The fourth-order valence-corrected chi connectivity index (χ4v) is 5.05. The fourth-order valence-electron chi connectivity index (χ4n) is 4.60. The lowest BCUT2D eigenvalue weighted by molar-refractivity contribution is -0.125. The monoisotopic (exact) mass is 464 g/mol. The van der Waals surface area contributed by atoms with Crippen molar-refractivity contribution in [3.63, 3.8) is 0 Å². The Hall–Kier alpha value is -2.44. The van der Waals surface area contributed by atoms with Crippen molar-refractivity contribution in [2.45, 2.75) is 26.4 Å². The molecule has 6 heteroatoms. The van der Waals surface area contributed by atoms with Gasteiger partial charge < -0.3 is 4.90 Å². The Morgan fingerprint density at radius 1 is 1.07 bits per heavy atom. The number of hydrogen-bond acceptors (Lipinski definition) is 4. The van der Waals surface area contributed by atoms with Crippen LogP contribution in [0, 0.1) is 6.92 Å². The van der Waals surface area contributed by atoms with Gasteiger partial charge in [-0.3, -0.25) is 19.6 Å². The van der Waals surface area contributed by atoms with Gasteiger partial charge in [-0.05, 0) is 35.7 Å². The molecule has 0 N–H and O–H groups in total. The van der Waals surface area contributed by atoms with E-state index < -0.39 is 0 Å². The van der Waals surface area contributed by atoms with Gasteiger partial charge >= 0.3 is 0 Å². The van der Waals surface area contributed by atoms with Crippen molar-refractivity contribution in [1.82, 2.24) is 14.7 Å². The molecule has 0 saturated carbocycles. The molecule has 3 aliphatic rings. The zero-order chi connectivity index (χ0) is 20.7. The number of hydrogen-bond donors (Lipinski definition) is 0. The third-order valence-corrected chi connectivity index (χ3v) is 6.66. The first-order valence-electron chi connectivity index (χ1n) is 10.5. The highest BCUT2D eigenvalue weighted by atomic mass is 79.9. The number of aryl methyl sites for hydroxylation is 1. The summed E-state index contributed by atoms with van der Waals surface area (Å²) in [5, 5.41) is 0. The Kier molecular flexibility index (Phi) is 5.21. The molecule has 0 aliphatic carbocycles. The van der Waals surface area contributed by atoms with E-state index in [0.717, 1.165) is 48.6 Å². The molecule has 5 nitrogen and oxygen atoms in total. The van der Waals surface area contributed by atoms with Crippen molar-refractivity contribution in [2.24, 2.45) is 4.99 Å². The molecule has 5 rings (SSSR count). The number of carbonyl (C=O) groups is 1. The zero-order valence-electron chi connectivity index (χ0n) is 17.1. The smallest absolute Gasteiger partial charge is 0.259 e. The Morgan fingerprint density at radius 3 is 2.77 bits per heavy atom. The maximum Gasteiger partial charge on any atom is 0.259 e. The maximum atomic E-state index is 13.6. The van der Waals surface area contributed by atoms with Crippen molar-refractivity contribution >= 4 is 27.8 Å². The number of halogens is 1. The number of guanidine groups is 1. The average molecular weight is 465 g/mol. The average Bonchev–Trinajstić information content (AvgIpc) is 3.22. The number of rotatable bonds is 4. The summed E-state index contributed by atoms with van der Waals surface area (Å²) < 4.78 is 1.09. The minimum atomic E-state index is 0.115. The number of fused-ring (bicyclic) bond motifs is 2. The van der Waals surface area contributed by atoms with E-state index in [0.29, 0.717) is 13.1 Å². The summed E-state index contributed by atoms with van der Waals surface area (Å²) in [6.07, 6.45) is 0.895. The molecule has 0 radical (unpaired) electrons. The number of nitrogens with zero attached hydrogens (tertiary/aromatic N) is 4. The number of aliphatic imine (C=N–C) groups is 1. The lowest BCUT2D eigenvalue weighted by Crippen LogP contribution is -2.53. The van der Waals surface area contributed by atoms with Gasteiger partial charge in [-0.2, -0.15) is 0 Å². The summed E-state index contributed by atoms with van der Waals surface area (Å²) in [6, 6.07) is 16.7. The predicted octanol–water partition coefficient (Wildman–Crippen LogP) is 3.93. The van der Waals surface area contributed by atoms with Crippen LogP contribution in [0.25, 0.3) is 0 Å². The van der Waals surface area contributed by atoms with Gasteiger partial charge in [0, 0.05) is 42.8 Å². The van der Waals surface area contributed by atoms with E-state index in [1.807, 2.05) is 23.1 Å². The summed E-state index contributed by atoms with van der Waals surface area (Å²) in [6.45, 7) is 6.80. The van der Waals surface area contributed by atoms with Gasteiger partial charge in [0.2, 0.25) is 5.96 Å². The maximum absolute atomic E-state index is 13.6. The first-order chi connectivity index (χ1) is 14.6. The van der Waals surface area contributed by atoms with Crippen molar-refractivity contribution < 1.29 is 4.79 Å². The van der Waals surface area contributed by atoms with Crippen LogP contribution in [0.3, 0.4) is 0 Å². The van der Waals surface area contributed by atoms with Gasteiger partial charge in [0.1, 0.15) is 0 Å². The van der Waals surface area contributed by atoms with Crippen LogP contribution in [0.15, 0.2) is 69.3 Å². The lowest BCUT2D eigenvalue weighted by atomic mass is 9.99. The van der Waals surface area contributed by atoms with Crippen LogP contribution in [0.1, 0.15) is 23.1 Å². The molecule has 0 bridgehead atoms. The van der Waals surface area contributed by atoms with Gasteiger partial charge in [0.25, 0.3) is 5.91 Å². The minimum Gasteiger partial charge on any atom is -0.314 e. The minimum absolute atomic E-state index is 0.115. The van der Waals surface area contributed by atoms with E-state index in [9.17, 15) is 4.79 Å². The van der Waals surface area contributed by atoms with Crippen molar-refractivity contribution in [3.05, 3.63) is 81.0 Å². The first kappa shape index (κ1) is 19.5. The predicted molar refractivity (Wildman–Crippen MR) is 122 cm³/mol. The van der Waals surface area contributed by atoms with E-state index >= 15 is 0 Å². The van der Waals surface area contributed by atoms with Crippen molar-refractivity contribution in [1.29, 1.82) is 0 Å². The van der Waals surface area contributed by atoms with Gasteiger partial charge in [0.15, 0.2) is 0 Å². The highest BCUT2D eigenvalue weighted by Gasteiger charge is 2.41. The zero-order valence-corrected chi connectivity index (χ0v) is 18.7. The van der Waals surface area contributed by atoms with Crippen molar-refractivity contribution in [2.75, 3.05) is 26.2 Å². The second-order valence-electron chi connectivity index (χ2n) is 8.17. The Labute approximate surface area is 185 Å². The number of amides is 1. The second kappa shape index (κ2) is 8.00. The molecule has 30 heavy (non-hydrogen) atoms. The molecular formula is C24H25BrN4O. The van der Waals surface area contributed by atoms with Crippen LogP contribution in [-0.2, 0) is 17.9 Å². The van der Waals surface area contributed by atoms with Crippen LogP contribution in [-0.4, -0.2) is 52.7 Å². The fraction of sp³-hybridized carbons (Fsp3) is 0.333. The number of carbonyl (C=O) groups excluding carboxylic acids is 1. The van der Waals surface area contributed by atoms with E-state index in [1.165, 1.54) is 22.4 Å². The first-order valence-corrected chi connectivity index (χ1v) is 11.3. The van der Waals surface area contributed by atoms with Gasteiger partial charge in [0.05, 0.1) is 18.7 Å². The molecule has 2 aromatic carbocycles. The van der Waals surface area contributed by atoms with E-state index in [-0.39, 0.29) is 5.91 Å². The summed E-state index contributed by atoms with van der Waals surface area (Å²) in [4.78, 5) is 24.8. The van der Waals surface area contributed by atoms with Gasteiger partial charge in [-0.15, -0.1) is 0 Å². The Morgan fingerprint density at radius 2 is 1.93 bits per heavy atom. The summed E-state index contributed by atoms with van der Waals surface area (Å²) in [5.41, 5.74) is 5.76. The topological polar surface area (TPSA) is 39.2 Å². The van der Waals surface area contributed by atoms with Gasteiger partial charge in [-0.25, -0.2) is 0 Å². The van der Waals surface area contributed by atoms with E-state index in [4.69, 9.17) is 4.99 Å². The molecule has 3 heterocycles. The van der Waals surface area contributed by atoms with Crippen LogP contribution in [0.5, 0.6) is 0 Å². The second-order valence-corrected chi connectivity index (χ2v) is 9.08. The SMILES string of the molecule is Cc1ccccc1CN1C(=O)C2=C(CCN(Cc3cccc(Br)c3)C2)N2CCN=C12. The highest BCUT2D eigenvalue weighted by Crippen LogP contribution is 2.32. The van der Waals surface area contributed by atoms with Crippen molar-refractivity contribution in [3.8, 4) is 0 Å². The van der Waals surface area contributed by atoms with Crippen LogP contribution >= 0.6 is 15.9 Å². The molecular weight excluding hydrogens is 440 g/mol. The molecule has 1 amide bonds. The van der Waals surface area contributed by atoms with Crippen LogP contribution in [0.2, 0.25) is 0 Å². The molecule has 0 spiro atoms. The molecule has 0 saturated heterocycles. The Balaban J connectivity index is 1.41. The summed E-state index contributed by atoms with van der Waals surface area (Å²) >= 11 is 3.56. The Bertz CT molecular complexity index is 1060. The van der Waals surface area contributed by atoms with Crippen LogP contribution in [0.4, 0.5) is 0 Å². The summed E-state index contributed by atoms with van der Waals surface area (Å²) in [5.74, 6) is 0.950. The molecule has 0 aromatic heterocycles. The number of benzene rings is 2. The molecule has 0 fully saturated rings. The molecule has 2 aromatic rings. The molecule has 3 aliphatic heterocycles. The standard InChI is InChI=1S/C24H25BrN4O/c1-17-5-2-3-7-19(17)15-29-23(30)21-16-27(14-18-6-4-8-20(25)13-18)11-9-22(21)28-12-10-26-24(28)29/h2-8,13H,9-12,14-16H2,1H3.